The minimum Gasteiger partial charge on any atom is -0.365 e. The molecule has 0 atom stereocenters. The molecule has 0 amide bonds. The fourth-order valence-electron chi connectivity index (χ4n) is 1.89. The van der Waals surface area contributed by atoms with Crippen molar-refractivity contribution in [3.63, 3.8) is 0 Å². The van der Waals surface area contributed by atoms with Crippen LogP contribution in [0.5, 0.6) is 0 Å². The lowest BCUT2D eigenvalue weighted by atomic mass is 10.3. The van der Waals surface area contributed by atoms with Crippen LogP contribution in [0.25, 0.3) is 0 Å². The average molecular weight is 261 g/mol. The topological polar surface area (TPSA) is 64.7 Å². The summed E-state index contributed by atoms with van der Waals surface area (Å²) in [6.45, 7) is 3.41. The van der Waals surface area contributed by atoms with E-state index in [1.54, 1.807) is 21.6 Å². The van der Waals surface area contributed by atoms with Crippen molar-refractivity contribution in [2.24, 2.45) is 7.05 Å². The van der Waals surface area contributed by atoms with Crippen molar-refractivity contribution in [2.75, 3.05) is 11.9 Å². The second-order valence-corrected chi connectivity index (χ2v) is 4.43. The normalized spacial score (nSPS) is 10.6. The lowest BCUT2D eigenvalue weighted by Crippen LogP contribution is -2.25. The largest absolute Gasteiger partial charge is 0.365 e. The van der Waals surface area contributed by atoms with Gasteiger partial charge in [-0.3, -0.25) is 9.48 Å². The van der Waals surface area contributed by atoms with Crippen LogP contribution >= 0.6 is 0 Å². The number of hydrogen-bond donors (Lipinski definition) is 1. The predicted octanol–water partition coefficient (Wildman–Crippen LogP) is 1.04. The van der Waals surface area contributed by atoms with E-state index in [0.717, 1.165) is 25.1 Å². The molecule has 19 heavy (non-hydrogen) atoms. The zero-order valence-electron chi connectivity index (χ0n) is 11.3. The van der Waals surface area contributed by atoms with E-state index in [9.17, 15) is 4.79 Å². The summed E-state index contributed by atoms with van der Waals surface area (Å²) >= 11 is 0. The summed E-state index contributed by atoms with van der Waals surface area (Å²) in [4.78, 5) is 16.1. The molecule has 0 aromatic carbocycles. The zero-order chi connectivity index (χ0) is 13.7. The first-order valence-corrected chi connectivity index (χ1v) is 6.48. The van der Waals surface area contributed by atoms with E-state index >= 15 is 0 Å². The molecule has 0 bridgehead atoms. The predicted molar refractivity (Wildman–Crippen MR) is 74.2 cm³/mol. The number of aromatic nitrogens is 4. The van der Waals surface area contributed by atoms with Crippen molar-refractivity contribution >= 4 is 5.82 Å². The first-order chi connectivity index (χ1) is 9.20. The minimum absolute atomic E-state index is 0.0645. The van der Waals surface area contributed by atoms with Gasteiger partial charge in [0.25, 0.3) is 5.56 Å². The van der Waals surface area contributed by atoms with Gasteiger partial charge in [0.15, 0.2) is 5.82 Å². The van der Waals surface area contributed by atoms with Gasteiger partial charge in [0.1, 0.15) is 0 Å². The van der Waals surface area contributed by atoms with Crippen LogP contribution in [0.1, 0.15) is 19.0 Å². The number of nitrogens with zero attached hydrogens (tertiary/aromatic N) is 4. The van der Waals surface area contributed by atoms with Crippen LogP contribution in [0.15, 0.2) is 29.5 Å². The monoisotopic (exact) mass is 261 g/mol. The van der Waals surface area contributed by atoms with Gasteiger partial charge < -0.3 is 9.88 Å². The molecule has 2 aromatic rings. The van der Waals surface area contributed by atoms with E-state index in [2.05, 4.69) is 15.4 Å². The minimum atomic E-state index is -0.0645. The van der Waals surface area contributed by atoms with E-state index in [-0.39, 0.29) is 5.56 Å². The van der Waals surface area contributed by atoms with Crippen LogP contribution in [0.2, 0.25) is 0 Å². The van der Waals surface area contributed by atoms with E-state index in [1.807, 2.05) is 26.2 Å². The molecule has 0 aliphatic heterocycles. The highest BCUT2D eigenvalue weighted by Crippen LogP contribution is 1.98. The molecular weight excluding hydrogens is 242 g/mol. The van der Waals surface area contributed by atoms with Gasteiger partial charge in [-0.1, -0.05) is 6.92 Å². The molecule has 0 spiro atoms. The standard InChI is InChI=1S/C13H19N5O/c1-3-8-18-10-7-15-12(13(18)19)14-6-4-11-5-9-17(2)16-11/h5,7,9-10H,3-4,6,8H2,1-2H3,(H,14,15). The van der Waals surface area contributed by atoms with Gasteiger partial charge in [-0.25, -0.2) is 4.98 Å². The highest BCUT2D eigenvalue weighted by Gasteiger charge is 2.04. The number of aryl methyl sites for hydroxylation is 2. The quantitative estimate of drug-likeness (QED) is 0.844. The molecule has 0 unspecified atom stereocenters. The smallest absolute Gasteiger partial charge is 0.293 e. The summed E-state index contributed by atoms with van der Waals surface area (Å²) in [7, 11) is 1.89. The molecule has 6 nitrogen and oxygen atoms in total. The van der Waals surface area contributed by atoms with Gasteiger partial charge in [0, 0.05) is 45.1 Å². The van der Waals surface area contributed by atoms with Crippen LogP contribution in [0.4, 0.5) is 5.82 Å². The van der Waals surface area contributed by atoms with Crippen molar-refractivity contribution in [3.05, 3.63) is 40.7 Å². The summed E-state index contributed by atoms with van der Waals surface area (Å²) in [5.74, 6) is 0.409. The van der Waals surface area contributed by atoms with Crippen molar-refractivity contribution in [2.45, 2.75) is 26.3 Å². The Morgan fingerprint density at radius 2 is 2.21 bits per heavy atom. The van der Waals surface area contributed by atoms with Crippen molar-refractivity contribution < 1.29 is 0 Å². The first kappa shape index (κ1) is 13.3. The van der Waals surface area contributed by atoms with Crippen molar-refractivity contribution in [1.29, 1.82) is 0 Å². The maximum absolute atomic E-state index is 12.0. The molecule has 1 N–H and O–H groups in total. The third-order valence-electron chi connectivity index (χ3n) is 2.82. The Bertz CT molecular complexity index is 587. The molecule has 0 radical (unpaired) electrons. The third kappa shape index (κ3) is 3.43. The van der Waals surface area contributed by atoms with Crippen LogP contribution in [-0.2, 0) is 20.0 Å². The molecule has 0 saturated heterocycles. The second-order valence-electron chi connectivity index (χ2n) is 4.43. The average Bonchev–Trinajstić information content (AvgIpc) is 2.80. The summed E-state index contributed by atoms with van der Waals surface area (Å²) in [5, 5.41) is 7.36. The highest BCUT2D eigenvalue weighted by molar-refractivity contribution is 5.30. The molecule has 0 fully saturated rings. The molecule has 2 aromatic heterocycles. The van der Waals surface area contributed by atoms with Crippen molar-refractivity contribution in [1.82, 2.24) is 19.3 Å². The fraction of sp³-hybridized carbons (Fsp3) is 0.462. The van der Waals surface area contributed by atoms with E-state index in [4.69, 9.17) is 0 Å². The zero-order valence-corrected chi connectivity index (χ0v) is 11.3. The van der Waals surface area contributed by atoms with E-state index in [1.165, 1.54) is 0 Å². The first-order valence-electron chi connectivity index (χ1n) is 6.48. The number of anilines is 1. The second kappa shape index (κ2) is 6.17. The lowest BCUT2D eigenvalue weighted by molar-refractivity contribution is 0.649. The molecule has 2 rings (SSSR count). The van der Waals surface area contributed by atoms with Crippen LogP contribution in [-0.4, -0.2) is 25.9 Å². The van der Waals surface area contributed by atoms with Crippen LogP contribution in [0, 0.1) is 0 Å². The summed E-state index contributed by atoms with van der Waals surface area (Å²) in [6, 6.07) is 1.97. The third-order valence-corrected chi connectivity index (χ3v) is 2.82. The van der Waals surface area contributed by atoms with Gasteiger partial charge in [-0.05, 0) is 12.5 Å². The summed E-state index contributed by atoms with van der Waals surface area (Å²) in [5.41, 5.74) is 0.935. The van der Waals surface area contributed by atoms with E-state index < -0.39 is 0 Å². The number of hydrogen-bond acceptors (Lipinski definition) is 4. The molecule has 6 heteroatoms. The van der Waals surface area contributed by atoms with Crippen LogP contribution in [0.3, 0.4) is 0 Å². The summed E-state index contributed by atoms with van der Waals surface area (Å²) in [6.07, 6.45) is 6.97. The van der Waals surface area contributed by atoms with E-state index in [0.29, 0.717) is 12.4 Å². The Balaban J connectivity index is 1.96. The fourth-order valence-corrected chi connectivity index (χ4v) is 1.89. The Hall–Kier alpha value is -2.11. The van der Waals surface area contributed by atoms with Gasteiger partial charge in [0.05, 0.1) is 5.69 Å². The molecule has 2 heterocycles. The lowest BCUT2D eigenvalue weighted by Gasteiger charge is -2.07. The maximum Gasteiger partial charge on any atom is 0.293 e. The Labute approximate surface area is 112 Å². The van der Waals surface area contributed by atoms with Crippen molar-refractivity contribution in [3.8, 4) is 0 Å². The van der Waals surface area contributed by atoms with Gasteiger partial charge in [-0.15, -0.1) is 0 Å². The van der Waals surface area contributed by atoms with Gasteiger partial charge in [-0.2, -0.15) is 5.10 Å². The van der Waals surface area contributed by atoms with Gasteiger partial charge >= 0.3 is 0 Å². The Kier molecular flexibility index (Phi) is 4.33. The SMILES string of the molecule is CCCn1ccnc(NCCc2ccn(C)n2)c1=O. The Morgan fingerprint density at radius 1 is 1.37 bits per heavy atom. The number of nitrogens with one attached hydrogen (secondary N) is 1. The molecule has 0 saturated carbocycles. The summed E-state index contributed by atoms with van der Waals surface area (Å²) < 4.78 is 3.44. The molecule has 0 aliphatic rings. The number of rotatable bonds is 6. The molecule has 0 aliphatic carbocycles. The Morgan fingerprint density at radius 3 is 2.89 bits per heavy atom. The van der Waals surface area contributed by atoms with Crippen LogP contribution < -0.4 is 10.9 Å². The highest BCUT2D eigenvalue weighted by atomic mass is 16.1. The molecular formula is C13H19N5O. The van der Waals surface area contributed by atoms with Gasteiger partial charge in [0.2, 0.25) is 0 Å². The molecule has 102 valence electrons. The maximum atomic E-state index is 12.0.